The van der Waals surface area contributed by atoms with Gasteiger partial charge < -0.3 is 16.0 Å². The molecule has 6 nitrogen and oxygen atoms in total. The van der Waals surface area contributed by atoms with Gasteiger partial charge in [-0.15, -0.1) is 0 Å². The van der Waals surface area contributed by atoms with Crippen molar-refractivity contribution in [3.05, 3.63) is 59.7 Å². The summed E-state index contributed by atoms with van der Waals surface area (Å²) >= 11 is 0. The van der Waals surface area contributed by atoms with E-state index in [-0.39, 0.29) is 11.8 Å². The van der Waals surface area contributed by atoms with Crippen molar-refractivity contribution in [2.45, 2.75) is 13.3 Å². The van der Waals surface area contributed by atoms with Crippen LogP contribution in [0.3, 0.4) is 0 Å². The fourth-order valence-corrected chi connectivity index (χ4v) is 2.61. The van der Waals surface area contributed by atoms with Crippen LogP contribution < -0.4 is 16.0 Å². The maximum Gasteiger partial charge on any atom is 0.255 e. The Balaban J connectivity index is 1.77. The van der Waals surface area contributed by atoms with E-state index in [1.165, 1.54) is 6.92 Å². The molecule has 3 N–H and O–H groups in total. The minimum atomic E-state index is -0.210. The van der Waals surface area contributed by atoms with Gasteiger partial charge in [-0.05, 0) is 42.8 Å². The van der Waals surface area contributed by atoms with Gasteiger partial charge in [0.15, 0.2) is 0 Å². The normalized spacial score (nSPS) is 13.4. The summed E-state index contributed by atoms with van der Waals surface area (Å²) in [4.78, 5) is 28.1. The molecule has 2 aromatic rings. The second-order valence-corrected chi connectivity index (χ2v) is 5.77. The van der Waals surface area contributed by atoms with Crippen molar-refractivity contribution in [1.29, 1.82) is 0 Å². The molecular weight excluding hydrogens is 316 g/mol. The van der Waals surface area contributed by atoms with Gasteiger partial charge in [0.25, 0.3) is 5.91 Å². The van der Waals surface area contributed by atoms with E-state index in [0.717, 1.165) is 30.9 Å². The van der Waals surface area contributed by atoms with Crippen LogP contribution in [0, 0.1) is 0 Å². The Bertz CT molecular complexity index is 812. The molecule has 2 amide bonds. The Morgan fingerprint density at radius 2 is 1.80 bits per heavy atom. The lowest BCUT2D eigenvalue weighted by atomic mass is 10.1. The number of carbonyl (C=O) groups is 2. The number of anilines is 2. The number of rotatable bonds is 4. The molecule has 1 aliphatic heterocycles. The van der Waals surface area contributed by atoms with Gasteiger partial charge in [0.1, 0.15) is 5.84 Å². The Hall–Kier alpha value is -3.15. The standard InChI is InChI=1S/C19H20N4O2/c1-13(24)22-15-9-7-14(8-10-15)19(25)23-17-6-3-2-5-16(17)18-20-11-4-12-21-18/h2-3,5-10H,4,11-12H2,1H3,(H,20,21)(H,22,24)(H,23,25). The molecule has 0 fully saturated rings. The van der Waals surface area contributed by atoms with E-state index in [9.17, 15) is 9.59 Å². The number of carbonyl (C=O) groups excluding carboxylic acids is 2. The molecule has 0 aliphatic carbocycles. The number of amidine groups is 1. The van der Waals surface area contributed by atoms with E-state index in [0.29, 0.717) is 16.9 Å². The summed E-state index contributed by atoms with van der Waals surface area (Å²) in [6, 6.07) is 14.4. The molecular formula is C19H20N4O2. The van der Waals surface area contributed by atoms with Crippen molar-refractivity contribution in [3.8, 4) is 0 Å². The van der Waals surface area contributed by atoms with Crippen LogP contribution in [0.4, 0.5) is 11.4 Å². The molecule has 25 heavy (non-hydrogen) atoms. The first-order valence-corrected chi connectivity index (χ1v) is 8.20. The zero-order chi connectivity index (χ0) is 17.6. The molecule has 3 rings (SSSR count). The average molecular weight is 336 g/mol. The molecule has 0 radical (unpaired) electrons. The van der Waals surface area contributed by atoms with Crippen LogP contribution in [-0.2, 0) is 4.79 Å². The van der Waals surface area contributed by atoms with Crippen molar-refractivity contribution in [3.63, 3.8) is 0 Å². The van der Waals surface area contributed by atoms with Gasteiger partial charge in [-0.3, -0.25) is 14.6 Å². The van der Waals surface area contributed by atoms with E-state index in [4.69, 9.17) is 0 Å². The summed E-state index contributed by atoms with van der Waals surface area (Å²) in [5.74, 6) is 0.452. The molecule has 0 unspecified atom stereocenters. The molecule has 2 aromatic carbocycles. The summed E-state index contributed by atoms with van der Waals surface area (Å²) in [6.45, 7) is 3.11. The van der Waals surface area contributed by atoms with E-state index in [2.05, 4.69) is 20.9 Å². The molecule has 0 aromatic heterocycles. The van der Waals surface area contributed by atoms with E-state index in [1.54, 1.807) is 24.3 Å². The number of nitrogens with one attached hydrogen (secondary N) is 3. The van der Waals surface area contributed by atoms with Gasteiger partial charge in [-0.25, -0.2) is 0 Å². The van der Waals surface area contributed by atoms with Gasteiger partial charge in [0.2, 0.25) is 5.91 Å². The molecule has 0 saturated carbocycles. The summed E-state index contributed by atoms with van der Waals surface area (Å²) < 4.78 is 0. The topological polar surface area (TPSA) is 82.6 Å². The fourth-order valence-electron chi connectivity index (χ4n) is 2.61. The van der Waals surface area contributed by atoms with Gasteiger partial charge in [0, 0.05) is 36.8 Å². The van der Waals surface area contributed by atoms with Crippen molar-refractivity contribution in [2.75, 3.05) is 23.7 Å². The van der Waals surface area contributed by atoms with E-state index in [1.807, 2.05) is 24.3 Å². The third-order valence-electron chi connectivity index (χ3n) is 3.80. The highest BCUT2D eigenvalue weighted by Gasteiger charge is 2.14. The molecule has 6 heteroatoms. The summed E-state index contributed by atoms with van der Waals surface area (Å²) in [7, 11) is 0. The second kappa shape index (κ2) is 7.61. The number of para-hydroxylation sites is 1. The highest BCUT2D eigenvalue weighted by Crippen LogP contribution is 2.18. The quantitative estimate of drug-likeness (QED) is 0.803. The molecule has 0 saturated heterocycles. The predicted molar refractivity (Wildman–Crippen MR) is 99.2 cm³/mol. The highest BCUT2D eigenvalue weighted by molar-refractivity contribution is 6.10. The second-order valence-electron chi connectivity index (χ2n) is 5.77. The summed E-state index contributed by atoms with van der Waals surface area (Å²) in [6.07, 6.45) is 1.01. The van der Waals surface area contributed by atoms with Crippen molar-refractivity contribution in [2.24, 2.45) is 4.99 Å². The van der Waals surface area contributed by atoms with Crippen LogP contribution in [-0.4, -0.2) is 30.7 Å². The molecule has 0 bridgehead atoms. The number of aliphatic imine (C=N–C) groups is 1. The number of nitrogens with zero attached hydrogens (tertiary/aromatic N) is 1. The zero-order valence-corrected chi connectivity index (χ0v) is 14.0. The maximum absolute atomic E-state index is 12.5. The predicted octanol–water partition coefficient (Wildman–Crippen LogP) is 2.64. The third kappa shape index (κ3) is 4.23. The van der Waals surface area contributed by atoms with Gasteiger partial charge in [-0.2, -0.15) is 0 Å². The monoisotopic (exact) mass is 336 g/mol. The van der Waals surface area contributed by atoms with Crippen LogP contribution in [0.15, 0.2) is 53.5 Å². The number of benzene rings is 2. The van der Waals surface area contributed by atoms with Crippen molar-refractivity contribution >= 4 is 29.0 Å². The summed E-state index contributed by atoms with van der Waals surface area (Å²) in [5.41, 5.74) is 2.77. The minimum absolute atomic E-state index is 0.146. The Kier molecular flexibility index (Phi) is 5.09. The van der Waals surface area contributed by atoms with Crippen molar-refractivity contribution < 1.29 is 9.59 Å². The lowest BCUT2D eigenvalue weighted by Gasteiger charge is -2.18. The SMILES string of the molecule is CC(=O)Nc1ccc(C(=O)Nc2ccccc2C2=NCCCN2)cc1. The first kappa shape index (κ1) is 16.7. The van der Waals surface area contributed by atoms with Gasteiger partial charge >= 0.3 is 0 Å². The van der Waals surface area contributed by atoms with Crippen molar-refractivity contribution in [1.82, 2.24) is 5.32 Å². The number of amides is 2. The third-order valence-corrected chi connectivity index (χ3v) is 3.80. The number of hydrogen-bond donors (Lipinski definition) is 3. The highest BCUT2D eigenvalue weighted by atomic mass is 16.2. The first-order valence-electron chi connectivity index (χ1n) is 8.20. The Labute approximate surface area is 146 Å². The average Bonchev–Trinajstić information content (AvgIpc) is 2.63. The fraction of sp³-hybridized carbons (Fsp3) is 0.211. The molecule has 128 valence electrons. The minimum Gasteiger partial charge on any atom is -0.370 e. The van der Waals surface area contributed by atoms with Crippen LogP contribution in [0.25, 0.3) is 0 Å². The molecule has 0 atom stereocenters. The zero-order valence-electron chi connectivity index (χ0n) is 14.0. The van der Waals surface area contributed by atoms with Gasteiger partial charge in [-0.1, -0.05) is 12.1 Å². The van der Waals surface area contributed by atoms with E-state index < -0.39 is 0 Å². The van der Waals surface area contributed by atoms with Gasteiger partial charge in [0.05, 0.1) is 5.69 Å². The molecule has 1 heterocycles. The first-order chi connectivity index (χ1) is 12.1. The lowest BCUT2D eigenvalue weighted by Crippen LogP contribution is -2.31. The van der Waals surface area contributed by atoms with Crippen LogP contribution in [0.2, 0.25) is 0 Å². The lowest BCUT2D eigenvalue weighted by molar-refractivity contribution is -0.114. The Morgan fingerprint density at radius 1 is 1.04 bits per heavy atom. The smallest absolute Gasteiger partial charge is 0.255 e. The van der Waals surface area contributed by atoms with Crippen LogP contribution in [0.5, 0.6) is 0 Å². The van der Waals surface area contributed by atoms with Crippen LogP contribution in [0.1, 0.15) is 29.3 Å². The maximum atomic E-state index is 12.5. The Morgan fingerprint density at radius 3 is 2.48 bits per heavy atom. The van der Waals surface area contributed by atoms with E-state index >= 15 is 0 Å². The largest absolute Gasteiger partial charge is 0.370 e. The molecule has 1 aliphatic rings. The number of hydrogen-bond acceptors (Lipinski definition) is 4. The van der Waals surface area contributed by atoms with Crippen LogP contribution >= 0.6 is 0 Å². The molecule has 0 spiro atoms. The summed E-state index contributed by atoms with van der Waals surface area (Å²) in [5, 5.41) is 8.89.